The lowest BCUT2D eigenvalue weighted by molar-refractivity contribution is 0.0525. The zero-order valence-corrected chi connectivity index (χ0v) is 17.8. The summed E-state index contributed by atoms with van der Waals surface area (Å²) >= 11 is 0. The zero-order chi connectivity index (χ0) is 20.8. The number of aromatic nitrogens is 1. The number of hydrogen-bond acceptors (Lipinski definition) is 5. The largest absolute Gasteiger partial charge is 0.444 e. The Kier molecular flexibility index (Phi) is 7.37. The summed E-state index contributed by atoms with van der Waals surface area (Å²) < 4.78 is 32.9. The minimum absolute atomic E-state index is 0.176. The minimum atomic E-state index is -3.68. The molecule has 0 radical (unpaired) electrons. The van der Waals surface area contributed by atoms with E-state index < -0.39 is 21.7 Å². The van der Waals surface area contributed by atoms with Crippen LogP contribution in [-0.4, -0.2) is 49.0 Å². The Labute approximate surface area is 167 Å². The normalized spacial score (nSPS) is 12.3. The summed E-state index contributed by atoms with van der Waals surface area (Å²) in [6, 6.07) is 6.80. The van der Waals surface area contributed by atoms with E-state index in [2.05, 4.69) is 10.3 Å². The van der Waals surface area contributed by atoms with Crippen LogP contribution in [0.15, 0.2) is 41.6 Å². The van der Waals surface area contributed by atoms with Gasteiger partial charge in [0.25, 0.3) is 0 Å². The standard InChI is InChI=1S/C20H29N3O4S/c1-5-6-12-23(13-11-22-19(24)27-20(2,3)4)28(25,26)18-8-7-17-15-21-10-9-16(17)14-18/h7-10,14-15H,5-6,11-13H2,1-4H3,(H,22,24). The number of amides is 1. The highest BCUT2D eigenvalue weighted by Gasteiger charge is 2.24. The lowest BCUT2D eigenvalue weighted by Gasteiger charge is -2.23. The van der Waals surface area contributed by atoms with Gasteiger partial charge in [-0.25, -0.2) is 13.2 Å². The molecule has 1 amide bonds. The average molecular weight is 408 g/mol. The molecular weight excluding hydrogens is 378 g/mol. The molecule has 0 aliphatic rings. The van der Waals surface area contributed by atoms with Crippen LogP contribution in [0.4, 0.5) is 4.79 Å². The molecule has 1 aromatic heterocycles. The molecule has 0 aliphatic carbocycles. The smallest absolute Gasteiger partial charge is 0.407 e. The van der Waals surface area contributed by atoms with E-state index in [0.717, 1.165) is 23.6 Å². The van der Waals surface area contributed by atoms with Crippen LogP contribution in [-0.2, 0) is 14.8 Å². The number of benzene rings is 1. The van der Waals surface area contributed by atoms with Gasteiger partial charge in [0.15, 0.2) is 0 Å². The first-order chi connectivity index (χ1) is 13.1. The Morgan fingerprint density at radius 2 is 1.93 bits per heavy atom. The molecule has 0 atom stereocenters. The highest BCUT2D eigenvalue weighted by molar-refractivity contribution is 7.89. The van der Waals surface area contributed by atoms with Crippen LogP contribution in [0.5, 0.6) is 0 Å². The predicted octanol–water partition coefficient (Wildman–Crippen LogP) is 3.55. The average Bonchev–Trinajstić information content (AvgIpc) is 2.62. The predicted molar refractivity (Wildman–Crippen MR) is 110 cm³/mol. The molecule has 2 aromatic rings. The molecule has 154 valence electrons. The number of nitrogens with zero attached hydrogens (tertiary/aromatic N) is 2. The summed E-state index contributed by atoms with van der Waals surface area (Å²) in [6.45, 7) is 8.08. The van der Waals surface area contributed by atoms with E-state index in [4.69, 9.17) is 4.74 Å². The van der Waals surface area contributed by atoms with E-state index in [-0.39, 0.29) is 18.0 Å². The van der Waals surface area contributed by atoms with Crippen LogP contribution < -0.4 is 5.32 Å². The lowest BCUT2D eigenvalue weighted by atomic mass is 10.2. The van der Waals surface area contributed by atoms with Crippen LogP contribution in [0, 0.1) is 0 Å². The van der Waals surface area contributed by atoms with E-state index in [1.807, 2.05) is 6.92 Å². The Hall–Kier alpha value is -2.19. The first kappa shape index (κ1) is 22.1. The van der Waals surface area contributed by atoms with Crippen LogP contribution >= 0.6 is 0 Å². The zero-order valence-electron chi connectivity index (χ0n) is 16.9. The number of ether oxygens (including phenoxy) is 1. The number of rotatable bonds is 8. The summed E-state index contributed by atoms with van der Waals surface area (Å²) in [5.74, 6) is 0. The van der Waals surface area contributed by atoms with E-state index in [1.54, 1.807) is 57.4 Å². The van der Waals surface area contributed by atoms with Crippen molar-refractivity contribution in [3.63, 3.8) is 0 Å². The van der Waals surface area contributed by atoms with Gasteiger partial charge in [0, 0.05) is 37.4 Å². The fraction of sp³-hybridized carbons (Fsp3) is 0.500. The summed E-state index contributed by atoms with van der Waals surface area (Å²) in [5, 5.41) is 4.32. The first-order valence-electron chi connectivity index (χ1n) is 9.44. The number of pyridine rings is 1. The maximum Gasteiger partial charge on any atom is 0.407 e. The number of nitrogens with one attached hydrogen (secondary N) is 1. The lowest BCUT2D eigenvalue weighted by Crippen LogP contribution is -2.40. The maximum absolute atomic E-state index is 13.2. The summed E-state index contributed by atoms with van der Waals surface area (Å²) in [4.78, 5) is 16.1. The first-order valence-corrected chi connectivity index (χ1v) is 10.9. The molecule has 8 heteroatoms. The fourth-order valence-corrected chi connectivity index (χ4v) is 4.17. The Balaban J connectivity index is 2.14. The quantitative estimate of drug-likeness (QED) is 0.723. The minimum Gasteiger partial charge on any atom is -0.444 e. The molecule has 0 unspecified atom stereocenters. The fourth-order valence-electron chi connectivity index (χ4n) is 2.65. The van der Waals surface area contributed by atoms with E-state index in [0.29, 0.717) is 6.54 Å². The number of carbonyl (C=O) groups excluding carboxylic acids is 1. The molecule has 0 fully saturated rings. The third-order valence-corrected chi connectivity index (χ3v) is 5.93. The van der Waals surface area contributed by atoms with Gasteiger partial charge in [0.1, 0.15) is 5.60 Å². The van der Waals surface area contributed by atoms with Gasteiger partial charge in [-0.1, -0.05) is 19.4 Å². The van der Waals surface area contributed by atoms with Gasteiger partial charge in [0.2, 0.25) is 10.0 Å². The molecule has 1 N–H and O–H groups in total. The third-order valence-electron chi connectivity index (χ3n) is 4.04. The molecule has 28 heavy (non-hydrogen) atoms. The second-order valence-corrected chi connectivity index (χ2v) is 9.51. The van der Waals surface area contributed by atoms with Crippen molar-refractivity contribution in [3.05, 3.63) is 36.7 Å². The molecule has 0 spiro atoms. The highest BCUT2D eigenvalue weighted by Crippen LogP contribution is 2.21. The van der Waals surface area contributed by atoms with Crippen LogP contribution in [0.2, 0.25) is 0 Å². The van der Waals surface area contributed by atoms with Gasteiger partial charge in [0.05, 0.1) is 4.90 Å². The highest BCUT2D eigenvalue weighted by atomic mass is 32.2. The van der Waals surface area contributed by atoms with E-state index in [1.165, 1.54) is 4.31 Å². The summed E-state index contributed by atoms with van der Waals surface area (Å²) in [7, 11) is -3.68. The van der Waals surface area contributed by atoms with Crippen molar-refractivity contribution in [3.8, 4) is 0 Å². The van der Waals surface area contributed by atoms with Crippen molar-refractivity contribution in [2.45, 2.75) is 51.0 Å². The molecule has 2 rings (SSSR count). The Morgan fingerprint density at radius 1 is 1.18 bits per heavy atom. The van der Waals surface area contributed by atoms with Crippen molar-refractivity contribution in [2.75, 3.05) is 19.6 Å². The van der Waals surface area contributed by atoms with Gasteiger partial charge in [-0.3, -0.25) is 4.98 Å². The number of unbranched alkanes of at least 4 members (excludes halogenated alkanes) is 1. The van der Waals surface area contributed by atoms with Gasteiger partial charge >= 0.3 is 6.09 Å². The topological polar surface area (TPSA) is 88.6 Å². The number of fused-ring (bicyclic) bond motifs is 1. The molecule has 7 nitrogen and oxygen atoms in total. The van der Waals surface area contributed by atoms with Gasteiger partial charge in [-0.15, -0.1) is 0 Å². The van der Waals surface area contributed by atoms with Crippen molar-refractivity contribution < 1.29 is 17.9 Å². The SMILES string of the molecule is CCCCN(CCNC(=O)OC(C)(C)C)S(=O)(=O)c1ccc2cnccc2c1. The second kappa shape index (κ2) is 9.34. The molecule has 0 aliphatic heterocycles. The van der Waals surface area contributed by atoms with Crippen molar-refractivity contribution >= 4 is 26.9 Å². The van der Waals surface area contributed by atoms with Crippen LogP contribution in [0.1, 0.15) is 40.5 Å². The number of sulfonamides is 1. The van der Waals surface area contributed by atoms with Crippen molar-refractivity contribution in [2.24, 2.45) is 0 Å². The molecule has 1 aromatic carbocycles. The van der Waals surface area contributed by atoms with Crippen molar-refractivity contribution in [1.82, 2.24) is 14.6 Å². The van der Waals surface area contributed by atoms with Gasteiger partial charge < -0.3 is 10.1 Å². The van der Waals surface area contributed by atoms with Crippen molar-refractivity contribution in [1.29, 1.82) is 0 Å². The Morgan fingerprint density at radius 3 is 2.61 bits per heavy atom. The molecule has 0 bridgehead atoms. The van der Waals surface area contributed by atoms with E-state index >= 15 is 0 Å². The monoisotopic (exact) mass is 407 g/mol. The Bertz CT molecular complexity index is 907. The van der Waals surface area contributed by atoms with Gasteiger partial charge in [-0.2, -0.15) is 4.31 Å². The van der Waals surface area contributed by atoms with E-state index in [9.17, 15) is 13.2 Å². The molecule has 0 saturated carbocycles. The van der Waals surface area contributed by atoms with Crippen LogP contribution in [0.25, 0.3) is 10.8 Å². The summed E-state index contributed by atoms with van der Waals surface area (Å²) in [5.41, 5.74) is -0.599. The maximum atomic E-state index is 13.2. The summed E-state index contributed by atoms with van der Waals surface area (Å²) in [6.07, 6.45) is 4.39. The number of hydrogen-bond donors (Lipinski definition) is 1. The molecule has 1 heterocycles. The molecule has 0 saturated heterocycles. The van der Waals surface area contributed by atoms with Gasteiger partial charge in [-0.05, 0) is 50.8 Å². The van der Waals surface area contributed by atoms with Crippen LogP contribution in [0.3, 0.4) is 0 Å². The number of alkyl carbamates (subject to hydrolysis) is 1. The number of carbonyl (C=O) groups is 1. The second-order valence-electron chi connectivity index (χ2n) is 7.57. The third kappa shape index (κ3) is 6.17. The molecular formula is C20H29N3O4S.